The van der Waals surface area contributed by atoms with Crippen LogP contribution in [-0.4, -0.2) is 18.5 Å². The average molecular weight is 246 g/mol. The zero-order chi connectivity index (χ0) is 13.0. The summed E-state index contributed by atoms with van der Waals surface area (Å²) in [5, 5.41) is 6.39. The summed E-state index contributed by atoms with van der Waals surface area (Å²) in [6.07, 6.45) is 3.00. The molecule has 1 heterocycles. The normalized spacial score (nSPS) is 23.7. The summed E-state index contributed by atoms with van der Waals surface area (Å²) in [4.78, 5) is 12.0. The summed E-state index contributed by atoms with van der Waals surface area (Å²) in [5.74, 6) is 0.688. The van der Waals surface area contributed by atoms with E-state index in [0.29, 0.717) is 18.4 Å². The van der Waals surface area contributed by atoms with Gasteiger partial charge in [0.25, 0.3) is 0 Å². The van der Waals surface area contributed by atoms with Crippen molar-refractivity contribution >= 4 is 11.6 Å². The summed E-state index contributed by atoms with van der Waals surface area (Å²) in [6.45, 7) is 5.29. The third kappa shape index (κ3) is 3.57. The number of nitrogens with one attached hydrogen (secondary N) is 2. The number of hydrogen-bond acceptors (Lipinski definition) is 2. The van der Waals surface area contributed by atoms with Crippen LogP contribution in [0.25, 0.3) is 0 Å². The molecule has 1 amide bonds. The SMILES string of the molecule is Cc1ccc(NC(=O)CC2NCCCC2C)cc1. The predicted octanol–water partition coefficient (Wildman–Crippen LogP) is 2.71. The van der Waals surface area contributed by atoms with Crippen LogP contribution >= 0.6 is 0 Å². The van der Waals surface area contributed by atoms with Crippen molar-refractivity contribution in [2.75, 3.05) is 11.9 Å². The van der Waals surface area contributed by atoms with Crippen LogP contribution in [0.5, 0.6) is 0 Å². The molecule has 3 heteroatoms. The molecular weight excluding hydrogens is 224 g/mol. The van der Waals surface area contributed by atoms with Crippen molar-refractivity contribution in [1.29, 1.82) is 0 Å². The van der Waals surface area contributed by atoms with Crippen molar-refractivity contribution in [3.63, 3.8) is 0 Å². The highest BCUT2D eigenvalue weighted by Crippen LogP contribution is 2.18. The molecule has 3 nitrogen and oxygen atoms in total. The van der Waals surface area contributed by atoms with E-state index in [1.165, 1.54) is 18.4 Å². The van der Waals surface area contributed by atoms with Gasteiger partial charge in [0.2, 0.25) is 5.91 Å². The second-order valence-electron chi connectivity index (χ2n) is 5.30. The molecule has 0 spiro atoms. The van der Waals surface area contributed by atoms with Gasteiger partial charge >= 0.3 is 0 Å². The molecule has 2 N–H and O–H groups in total. The number of benzene rings is 1. The topological polar surface area (TPSA) is 41.1 Å². The minimum atomic E-state index is 0.102. The van der Waals surface area contributed by atoms with Crippen molar-refractivity contribution in [2.24, 2.45) is 5.92 Å². The van der Waals surface area contributed by atoms with Gasteiger partial charge < -0.3 is 10.6 Å². The molecule has 1 aliphatic rings. The number of carbonyl (C=O) groups is 1. The van der Waals surface area contributed by atoms with E-state index in [9.17, 15) is 4.79 Å². The molecule has 0 aromatic heterocycles. The van der Waals surface area contributed by atoms with Gasteiger partial charge in [0.1, 0.15) is 0 Å². The van der Waals surface area contributed by atoms with Crippen molar-refractivity contribution in [3.8, 4) is 0 Å². The number of hydrogen-bond donors (Lipinski definition) is 2. The van der Waals surface area contributed by atoms with Crippen LogP contribution in [0.2, 0.25) is 0 Å². The Kier molecular flexibility index (Phi) is 4.37. The fourth-order valence-electron chi connectivity index (χ4n) is 2.44. The maximum absolute atomic E-state index is 12.0. The third-order valence-corrected chi connectivity index (χ3v) is 3.67. The predicted molar refractivity (Wildman–Crippen MR) is 74.6 cm³/mol. The van der Waals surface area contributed by atoms with Gasteiger partial charge in [-0.25, -0.2) is 0 Å². The van der Waals surface area contributed by atoms with Gasteiger partial charge in [-0.15, -0.1) is 0 Å². The first kappa shape index (κ1) is 13.1. The van der Waals surface area contributed by atoms with Crippen LogP contribution in [0.15, 0.2) is 24.3 Å². The summed E-state index contributed by atoms with van der Waals surface area (Å²) in [7, 11) is 0. The molecule has 2 rings (SSSR count). The number of amides is 1. The Morgan fingerprint density at radius 1 is 1.39 bits per heavy atom. The van der Waals surface area contributed by atoms with Crippen LogP contribution in [0.1, 0.15) is 31.7 Å². The van der Waals surface area contributed by atoms with Crippen LogP contribution in [0.4, 0.5) is 5.69 Å². The van der Waals surface area contributed by atoms with E-state index in [4.69, 9.17) is 0 Å². The van der Waals surface area contributed by atoms with Crippen LogP contribution in [-0.2, 0) is 4.79 Å². The minimum Gasteiger partial charge on any atom is -0.326 e. The monoisotopic (exact) mass is 246 g/mol. The zero-order valence-corrected chi connectivity index (χ0v) is 11.2. The molecule has 0 bridgehead atoms. The molecule has 0 saturated carbocycles. The number of piperidine rings is 1. The smallest absolute Gasteiger partial charge is 0.225 e. The number of anilines is 1. The Morgan fingerprint density at radius 2 is 2.11 bits per heavy atom. The standard InChI is InChI=1S/C15H22N2O/c1-11-5-7-13(8-6-11)17-15(18)10-14-12(2)4-3-9-16-14/h5-8,12,14,16H,3-4,9-10H2,1-2H3,(H,17,18). The maximum Gasteiger partial charge on any atom is 0.225 e. The van der Waals surface area contributed by atoms with Crippen molar-refractivity contribution in [2.45, 2.75) is 39.2 Å². The molecule has 98 valence electrons. The van der Waals surface area contributed by atoms with E-state index in [-0.39, 0.29) is 5.91 Å². The van der Waals surface area contributed by atoms with E-state index < -0.39 is 0 Å². The lowest BCUT2D eigenvalue weighted by Crippen LogP contribution is -2.42. The molecule has 1 fully saturated rings. The molecule has 2 unspecified atom stereocenters. The van der Waals surface area contributed by atoms with E-state index >= 15 is 0 Å². The fraction of sp³-hybridized carbons (Fsp3) is 0.533. The quantitative estimate of drug-likeness (QED) is 0.861. The van der Waals surface area contributed by atoms with Crippen molar-refractivity contribution in [3.05, 3.63) is 29.8 Å². The van der Waals surface area contributed by atoms with E-state index in [0.717, 1.165) is 12.2 Å². The first-order valence-electron chi connectivity index (χ1n) is 6.75. The summed E-state index contributed by atoms with van der Waals surface area (Å²) >= 11 is 0. The number of rotatable bonds is 3. The van der Waals surface area contributed by atoms with Gasteiger partial charge in [0, 0.05) is 18.2 Å². The molecule has 2 atom stereocenters. The number of aryl methyl sites for hydroxylation is 1. The first-order chi connectivity index (χ1) is 8.65. The Balaban J connectivity index is 1.86. The molecular formula is C15H22N2O. The molecule has 1 aromatic rings. The highest BCUT2D eigenvalue weighted by atomic mass is 16.1. The largest absolute Gasteiger partial charge is 0.326 e. The van der Waals surface area contributed by atoms with Gasteiger partial charge in [0.05, 0.1) is 0 Å². The van der Waals surface area contributed by atoms with E-state index in [1.54, 1.807) is 0 Å². The average Bonchev–Trinajstić information content (AvgIpc) is 2.35. The molecule has 18 heavy (non-hydrogen) atoms. The van der Waals surface area contributed by atoms with Crippen LogP contribution in [0, 0.1) is 12.8 Å². The lowest BCUT2D eigenvalue weighted by atomic mass is 9.90. The Labute approximate surface area is 109 Å². The molecule has 1 saturated heterocycles. The highest BCUT2D eigenvalue weighted by molar-refractivity contribution is 5.91. The van der Waals surface area contributed by atoms with Crippen molar-refractivity contribution < 1.29 is 4.79 Å². The second kappa shape index (κ2) is 6.01. The Morgan fingerprint density at radius 3 is 2.78 bits per heavy atom. The maximum atomic E-state index is 12.0. The summed E-state index contributed by atoms with van der Waals surface area (Å²) < 4.78 is 0. The fourth-order valence-corrected chi connectivity index (χ4v) is 2.44. The lowest BCUT2D eigenvalue weighted by molar-refractivity contribution is -0.117. The Hall–Kier alpha value is -1.35. The Bertz CT molecular complexity index is 399. The molecule has 1 aromatic carbocycles. The molecule has 0 aliphatic carbocycles. The van der Waals surface area contributed by atoms with Crippen LogP contribution in [0.3, 0.4) is 0 Å². The second-order valence-corrected chi connectivity index (χ2v) is 5.30. The van der Waals surface area contributed by atoms with Gasteiger partial charge in [0.15, 0.2) is 0 Å². The molecule has 1 aliphatic heterocycles. The van der Waals surface area contributed by atoms with E-state index in [1.807, 2.05) is 31.2 Å². The molecule has 0 radical (unpaired) electrons. The van der Waals surface area contributed by atoms with Crippen molar-refractivity contribution in [1.82, 2.24) is 5.32 Å². The van der Waals surface area contributed by atoms with Crippen LogP contribution < -0.4 is 10.6 Å². The minimum absolute atomic E-state index is 0.102. The highest BCUT2D eigenvalue weighted by Gasteiger charge is 2.23. The van der Waals surface area contributed by atoms with Gasteiger partial charge in [-0.3, -0.25) is 4.79 Å². The van der Waals surface area contributed by atoms with Gasteiger partial charge in [-0.2, -0.15) is 0 Å². The lowest BCUT2D eigenvalue weighted by Gasteiger charge is -2.29. The zero-order valence-electron chi connectivity index (χ0n) is 11.2. The first-order valence-corrected chi connectivity index (χ1v) is 6.75. The van der Waals surface area contributed by atoms with Gasteiger partial charge in [-0.05, 0) is 44.4 Å². The summed E-state index contributed by atoms with van der Waals surface area (Å²) in [5.41, 5.74) is 2.09. The number of carbonyl (C=O) groups excluding carboxylic acids is 1. The summed E-state index contributed by atoms with van der Waals surface area (Å²) in [6, 6.07) is 8.24. The van der Waals surface area contributed by atoms with Gasteiger partial charge in [-0.1, -0.05) is 24.6 Å². The van der Waals surface area contributed by atoms with E-state index in [2.05, 4.69) is 17.6 Å². The third-order valence-electron chi connectivity index (χ3n) is 3.67.